The lowest BCUT2D eigenvalue weighted by atomic mass is 10.1. The summed E-state index contributed by atoms with van der Waals surface area (Å²) in [5.74, 6) is -0.101. The van der Waals surface area contributed by atoms with Gasteiger partial charge < -0.3 is 4.74 Å². The summed E-state index contributed by atoms with van der Waals surface area (Å²) >= 11 is 0. The Bertz CT molecular complexity index is 186. The van der Waals surface area contributed by atoms with E-state index in [0.717, 1.165) is 6.42 Å². The summed E-state index contributed by atoms with van der Waals surface area (Å²) in [4.78, 5) is 21.6. The lowest BCUT2D eigenvalue weighted by Crippen LogP contribution is -2.25. The van der Waals surface area contributed by atoms with E-state index in [1.165, 1.54) is 6.92 Å². The Morgan fingerprint density at radius 3 is 2.64 bits per heavy atom. The highest BCUT2D eigenvalue weighted by Gasteiger charge is 2.33. The highest BCUT2D eigenvalue weighted by Crippen LogP contribution is 2.24. The van der Waals surface area contributed by atoms with Gasteiger partial charge in [-0.25, -0.2) is 0 Å². The normalized spacial score (nSPS) is 30.5. The van der Waals surface area contributed by atoms with Crippen LogP contribution in [-0.2, 0) is 14.3 Å². The molecule has 1 aliphatic carbocycles. The van der Waals surface area contributed by atoms with Crippen molar-refractivity contribution in [1.29, 1.82) is 0 Å². The Kier molecular flexibility index (Phi) is 2.27. The topological polar surface area (TPSA) is 43.4 Å². The minimum absolute atomic E-state index is 0.0627. The molecule has 2 atom stereocenters. The molecule has 0 aromatic rings. The molecule has 0 aliphatic heterocycles. The van der Waals surface area contributed by atoms with E-state index in [1.54, 1.807) is 0 Å². The summed E-state index contributed by atoms with van der Waals surface area (Å²) in [5.41, 5.74) is 0. The van der Waals surface area contributed by atoms with Gasteiger partial charge in [0, 0.05) is 19.3 Å². The largest absolute Gasteiger partial charge is 0.454 e. The van der Waals surface area contributed by atoms with Crippen LogP contribution in [0.4, 0.5) is 0 Å². The predicted molar refractivity (Wildman–Crippen MR) is 39.0 cm³/mol. The van der Waals surface area contributed by atoms with E-state index in [1.807, 2.05) is 6.92 Å². The van der Waals surface area contributed by atoms with Crippen LogP contribution in [0.1, 0.15) is 26.7 Å². The van der Waals surface area contributed by atoms with Crippen LogP contribution in [0, 0.1) is 5.92 Å². The highest BCUT2D eigenvalue weighted by atomic mass is 16.5. The number of hydrogen-bond acceptors (Lipinski definition) is 3. The Balaban J connectivity index is 2.54. The quantitative estimate of drug-likeness (QED) is 0.530. The summed E-state index contributed by atoms with van der Waals surface area (Å²) in [6.45, 7) is 3.26. The Morgan fingerprint density at radius 1 is 1.64 bits per heavy atom. The van der Waals surface area contributed by atoms with E-state index >= 15 is 0 Å². The Hall–Kier alpha value is -0.860. The van der Waals surface area contributed by atoms with Crippen molar-refractivity contribution in [3.8, 4) is 0 Å². The highest BCUT2D eigenvalue weighted by molar-refractivity contribution is 5.87. The smallest absolute Gasteiger partial charge is 0.303 e. The fourth-order valence-electron chi connectivity index (χ4n) is 1.34. The van der Waals surface area contributed by atoms with Crippen LogP contribution in [0.5, 0.6) is 0 Å². The summed E-state index contributed by atoms with van der Waals surface area (Å²) in [5, 5.41) is 0. The molecule has 0 bridgehead atoms. The van der Waals surface area contributed by atoms with Crippen molar-refractivity contribution < 1.29 is 14.3 Å². The molecule has 3 heteroatoms. The van der Waals surface area contributed by atoms with Crippen molar-refractivity contribution in [2.45, 2.75) is 32.8 Å². The third-order valence-corrected chi connectivity index (χ3v) is 1.97. The number of carbonyl (C=O) groups is 2. The zero-order valence-corrected chi connectivity index (χ0v) is 6.79. The van der Waals surface area contributed by atoms with E-state index < -0.39 is 6.10 Å². The van der Waals surface area contributed by atoms with Gasteiger partial charge in [-0.2, -0.15) is 0 Å². The molecule has 1 aliphatic rings. The SMILES string of the molecule is CC(=O)OC1C(=O)CCC1C. The molecule has 0 aromatic carbocycles. The zero-order chi connectivity index (χ0) is 8.43. The fourth-order valence-corrected chi connectivity index (χ4v) is 1.34. The summed E-state index contributed by atoms with van der Waals surface area (Å²) < 4.78 is 4.85. The van der Waals surface area contributed by atoms with Gasteiger partial charge in [-0.15, -0.1) is 0 Å². The van der Waals surface area contributed by atoms with Crippen LogP contribution < -0.4 is 0 Å². The van der Waals surface area contributed by atoms with Crippen molar-refractivity contribution in [3.05, 3.63) is 0 Å². The maximum Gasteiger partial charge on any atom is 0.303 e. The second-order valence-corrected chi connectivity index (χ2v) is 3.01. The van der Waals surface area contributed by atoms with Crippen LogP contribution in [0.2, 0.25) is 0 Å². The molecule has 0 aromatic heterocycles. The zero-order valence-electron chi connectivity index (χ0n) is 6.79. The molecule has 0 N–H and O–H groups in total. The molecule has 1 rings (SSSR count). The molecular formula is C8H12O3. The molecule has 11 heavy (non-hydrogen) atoms. The number of hydrogen-bond donors (Lipinski definition) is 0. The van der Waals surface area contributed by atoms with Crippen molar-refractivity contribution >= 4 is 11.8 Å². The molecule has 0 spiro atoms. The lowest BCUT2D eigenvalue weighted by Gasteiger charge is -2.12. The Labute approximate surface area is 65.7 Å². The monoisotopic (exact) mass is 156 g/mol. The number of ketones is 1. The first-order valence-corrected chi connectivity index (χ1v) is 3.81. The molecule has 0 heterocycles. The second kappa shape index (κ2) is 3.03. The van der Waals surface area contributed by atoms with Gasteiger partial charge in [-0.1, -0.05) is 6.92 Å². The number of Topliss-reactive ketones (excluding diaryl/α,β-unsaturated/α-hetero) is 1. The van der Waals surface area contributed by atoms with Crippen molar-refractivity contribution in [3.63, 3.8) is 0 Å². The van der Waals surface area contributed by atoms with Gasteiger partial charge in [-0.3, -0.25) is 9.59 Å². The van der Waals surface area contributed by atoms with Crippen LogP contribution in [0.15, 0.2) is 0 Å². The van der Waals surface area contributed by atoms with Gasteiger partial charge in [0.05, 0.1) is 0 Å². The van der Waals surface area contributed by atoms with E-state index in [9.17, 15) is 9.59 Å². The van der Waals surface area contributed by atoms with E-state index in [0.29, 0.717) is 6.42 Å². The summed E-state index contributed by atoms with van der Waals surface area (Å²) in [6, 6.07) is 0. The van der Waals surface area contributed by atoms with Crippen LogP contribution in [0.3, 0.4) is 0 Å². The average Bonchev–Trinajstić information content (AvgIpc) is 2.18. The van der Waals surface area contributed by atoms with Crippen LogP contribution in [-0.4, -0.2) is 17.9 Å². The van der Waals surface area contributed by atoms with Gasteiger partial charge in [0.2, 0.25) is 0 Å². The third kappa shape index (κ3) is 1.79. The molecule has 0 radical (unpaired) electrons. The standard InChI is InChI=1S/C8H12O3/c1-5-3-4-7(10)8(5)11-6(2)9/h5,8H,3-4H2,1-2H3. The lowest BCUT2D eigenvalue weighted by molar-refractivity contribution is -0.153. The molecule has 2 unspecified atom stereocenters. The number of esters is 1. The molecule has 1 fully saturated rings. The van der Waals surface area contributed by atoms with E-state index in [-0.39, 0.29) is 17.7 Å². The van der Waals surface area contributed by atoms with Crippen molar-refractivity contribution in [1.82, 2.24) is 0 Å². The first-order chi connectivity index (χ1) is 5.11. The van der Waals surface area contributed by atoms with Gasteiger partial charge in [0.15, 0.2) is 11.9 Å². The molecule has 1 saturated carbocycles. The maximum atomic E-state index is 11.0. The number of carbonyl (C=O) groups excluding carboxylic acids is 2. The number of ether oxygens (including phenoxy) is 1. The first kappa shape index (κ1) is 8.24. The molecule has 3 nitrogen and oxygen atoms in total. The van der Waals surface area contributed by atoms with Crippen LogP contribution >= 0.6 is 0 Å². The fraction of sp³-hybridized carbons (Fsp3) is 0.750. The van der Waals surface area contributed by atoms with E-state index in [4.69, 9.17) is 4.74 Å². The van der Waals surface area contributed by atoms with E-state index in [2.05, 4.69) is 0 Å². The average molecular weight is 156 g/mol. The summed E-state index contributed by atoms with van der Waals surface area (Å²) in [7, 11) is 0. The maximum absolute atomic E-state index is 11.0. The number of rotatable bonds is 1. The van der Waals surface area contributed by atoms with Crippen molar-refractivity contribution in [2.75, 3.05) is 0 Å². The molecular weight excluding hydrogens is 144 g/mol. The van der Waals surface area contributed by atoms with Gasteiger partial charge in [-0.05, 0) is 6.42 Å². The summed E-state index contributed by atoms with van der Waals surface area (Å²) in [6.07, 6.45) is 0.933. The molecule has 0 amide bonds. The molecule has 62 valence electrons. The minimum atomic E-state index is -0.465. The Morgan fingerprint density at radius 2 is 2.27 bits per heavy atom. The minimum Gasteiger partial charge on any atom is -0.454 e. The van der Waals surface area contributed by atoms with Crippen LogP contribution in [0.25, 0.3) is 0 Å². The van der Waals surface area contributed by atoms with Gasteiger partial charge in [0.25, 0.3) is 0 Å². The molecule has 0 saturated heterocycles. The third-order valence-electron chi connectivity index (χ3n) is 1.97. The van der Waals surface area contributed by atoms with Gasteiger partial charge >= 0.3 is 5.97 Å². The van der Waals surface area contributed by atoms with Gasteiger partial charge in [0.1, 0.15) is 0 Å². The van der Waals surface area contributed by atoms with Crippen molar-refractivity contribution in [2.24, 2.45) is 5.92 Å². The predicted octanol–water partition coefficient (Wildman–Crippen LogP) is 0.917. The second-order valence-electron chi connectivity index (χ2n) is 3.01. The first-order valence-electron chi connectivity index (χ1n) is 3.81.